The molecule has 110 valence electrons. The first-order valence-electron chi connectivity index (χ1n) is 7.26. The SMILES string of the molecule is CC(C(=O)N(C)CC1CCN(C)C1)c1cccc(N)c1. The standard InChI is InChI=1S/C16H25N3O/c1-12(14-5-4-6-15(17)9-14)16(20)19(3)11-13-7-8-18(2)10-13/h4-6,9,12-13H,7-8,10-11,17H2,1-3H3. The number of nitrogens with zero attached hydrogens (tertiary/aromatic N) is 2. The first-order chi connectivity index (χ1) is 9.47. The van der Waals surface area contributed by atoms with Crippen LogP contribution in [0.2, 0.25) is 0 Å². The first-order valence-corrected chi connectivity index (χ1v) is 7.26. The van der Waals surface area contributed by atoms with Crippen LogP contribution in [0.5, 0.6) is 0 Å². The van der Waals surface area contributed by atoms with Crippen LogP contribution >= 0.6 is 0 Å². The van der Waals surface area contributed by atoms with Crippen LogP contribution in [0.25, 0.3) is 0 Å². The van der Waals surface area contributed by atoms with Crippen molar-refractivity contribution in [1.82, 2.24) is 9.80 Å². The van der Waals surface area contributed by atoms with Gasteiger partial charge in [-0.1, -0.05) is 12.1 Å². The van der Waals surface area contributed by atoms with Crippen molar-refractivity contribution in [3.8, 4) is 0 Å². The van der Waals surface area contributed by atoms with E-state index in [1.54, 1.807) is 0 Å². The molecule has 0 spiro atoms. The summed E-state index contributed by atoms with van der Waals surface area (Å²) in [7, 11) is 4.04. The van der Waals surface area contributed by atoms with Crippen molar-refractivity contribution in [2.24, 2.45) is 5.92 Å². The Bertz CT molecular complexity index is 475. The average molecular weight is 275 g/mol. The lowest BCUT2D eigenvalue weighted by Crippen LogP contribution is -2.35. The molecule has 2 N–H and O–H groups in total. The van der Waals surface area contributed by atoms with Crippen LogP contribution in [-0.2, 0) is 4.79 Å². The summed E-state index contributed by atoms with van der Waals surface area (Å²) < 4.78 is 0. The molecule has 1 aliphatic heterocycles. The Morgan fingerprint density at radius 3 is 2.90 bits per heavy atom. The van der Waals surface area contributed by atoms with Crippen LogP contribution in [0, 0.1) is 5.92 Å². The maximum atomic E-state index is 12.5. The maximum Gasteiger partial charge on any atom is 0.229 e. The number of carbonyl (C=O) groups is 1. The van der Waals surface area contributed by atoms with E-state index in [9.17, 15) is 4.79 Å². The molecular weight excluding hydrogens is 250 g/mol. The lowest BCUT2D eigenvalue weighted by atomic mass is 9.98. The second kappa shape index (κ2) is 6.27. The van der Waals surface area contributed by atoms with Crippen LogP contribution in [0.4, 0.5) is 5.69 Å². The summed E-state index contributed by atoms with van der Waals surface area (Å²) in [6, 6.07) is 7.61. The lowest BCUT2D eigenvalue weighted by molar-refractivity contribution is -0.131. The number of nitrogen functional groups attached to an aromatic ring is 1. The Hall–Kier alpha value is -1.55. The highest BCUT2D eigenvalue weighted by atomic mass is 16.2. The zero-order valence-corrected chi connectivity index (χ0v) is 12.7. The van der Waals surface area contributed by atoms with Gasteiger partial charge in [-0.2, -0.15) is 0 Å². The molecule has 1 aliphatic rings. The van der Waals surface area contributed by atoms with Gasteiger partial charge in [-0.3, -0.25) is 4.79 Å². The number of benzene rings is 1. The molecule has 0 aliphatic carbocycles. The van der Waals surface area contributed by atoms with Crippen LogP contribution in [0.1, 0.15) is 24.8 Å². The van der Waals surface area contributed by atoms with Crippen molar-refractivity contribution in [3.63, 3.8) is 0 Å². The fraction of sp³-hybridized carbons (Fsp3) is 0.562. The molecule has 1 amide bonds. The van der Waals surface area contributed by atoms with Gasteiger partial charge in [0.2, 0.25) is 5.91 Å². The fourth-order valence-electron chi connectivity index (χ4n) is 2.95. The summed E-state index contributed by atoms with van der Waals surface area (Å²) in [6.07, 6.45) is 1.18. The minimum absolute atomic E-state index is 0.136. The monoisotopic (exact) mass is 275 g/mol. The van der Waals surface area contributed by atoms with Crippen LogP contribution in [-0.4, -0.2) is 49.4 Å². The molecule has 1 fully saturated rings. The minimum atomic E-state index is -0.136. The van der Waals surface area contributed by atoms with E-state index in [4.69, 9.17) is 5.73 Å². The van der Waals surface area contributed by atoms with Gasteiger partial charge < -0.3 is 15.5 Å². The van der Waals surface area contributed by atoms with Crippen molar-refractivity contribution in [2.75, 3.05) is 39.5 Å². The zero-order chi connectivity index (χ0) is 14.7. The molecule has 2 rings (SSSR count). The van der Waals surface area contributed by atoms with Crippen molar-refractivity contribution >= 4 is 11.6 Å². The highest BCUT2D eigenvalue weighted by molar-refractivity contribution is 5.83. The summed E-state index contributed by atoms with van der Waals surface area (Å²) in [4.78, 5) is 16.7. The maximum absolute atomic E-state index is 12.5. The predicted octanol–water partition coefficient (Wildman–Crippen LogP) is 1.78. The minimum Gasteiger partial charge on any atom is -0.399 e. The average Bonchev–Trinajstić information content (AvgIpc) is 2.82. The van der Waals surface area contributed by atoms with Gasteiger partial charge in [0.15, 0.2) is 0 Å². The lowest BCUT2D eigenvalue weighted by Gasteiger charge is -2.24. The third-order valence-electron chi connectivity index (χ3n) is 4.18. The number of rotatable bonds is 4. The van der Waals surface area contributed by atoms with Crippen LogP contribution < -0.4 is 5.73 Å². The van der Waals surface area contributed by atoms with Crippen LogP contribution in [0.3, 0.4) is 0 Å². The zero-order valence-electron chi connectivity index (χ0n) is 12.7. The Morgan fingerprint density at radius 2 is 2.30 bits per heavy atom. The van der Waals surface area contributed by atoms with Gasteiger partial charge in [0.1, 0.15) is 0 Å². The second-order valence-electron chi connectivity index (χ2n) is 6.03. The molecule has 1 heterocycles. The van der Waals surface area contributed by atoms with Crippen molar-refractivity contribution in [3.05, 3.63) is 29.8 Å². The molecule has 0 radical (unpaired) electrons. The molecule has 4 nitrogen and oxygen atoms in total. The van der Waals surface area contributed by atoms with Gasteiger partial charge in [0.05, 0.1) is 5.92 Å². The molecule has 1 saturated heterocycles. The summed E-state index contributed by atoms with van der Waals surface area (Å²) in [5.41, 5.74) is 7.49. The number of hydrogen-bond donors (Lipinski definition) is 1. The molecule has 0 aromatic heterocycles. The van der Waals surface area contributed by atoms with Gasteiger partial charge >= 0.3 is 0 Å². The van der Waals surface area contributed by atoms with E-state index in [2.05, 4.69) is 11.9 Å². The Labute approximate surface area is 121 Å². The van der Waals surface area contributed by atoms with E-state index < -0.39 is 0 Å². The van der Waals surface area contributed by atoms with E-state index in [1.165, 1.54) is 6.42 Å². The summed E-state index contributed by atoms with van der Waals surface area (Å²) in [6.45, 7) is 5.02. The van der Waals surface area contributed by atoms with Crippen molar-refractivity contribution in [1.29, 1.82) is 0 Å². The number of anilines is 1. The van der Waals surface area contributed by atoms with Gasteiger partial charge in [0, 0.05) is 25.8 Å². The molecule has 20 heavy (non-hydrogen) atoms. The molecule has 0 bridgehead atoms. The van der Waals surface area contributed by atoms with Gasteiger partial charge in [-0.25, -0.2) is 0 Å². The Morgan fingerprint density at radius 1 is 1.55 bits per heavy atom. The summed E-state index contributed by atoms with van der Waals surface area (Å²) in [5.74, 6) is 0.634. The smallest absolute Gasteiger partial charge is 0.229 e. The Balaban J connectivity index is 1.95. The van der Waals surface area contributed by atoms with Gasteiger partial charge in [0.25, 0.3) is 0 Å². The number of amides is 1. The fourth-order valence-corrected chi connectivity index (χ4v) is 2.95. The number of likely N-dealkylation sites (tertiary alicyclic amines) is 1. The summed E-state index contributed by atoms with van der Waals surface area (Å²) >= 11 is 0. The largest absolute Gasteiger partial charge is 0.399 e. The number of carbonyl (C=O) groups excluding carboxylic acids is 1. The molecule has 4 heteroatoms. The molecule has 1 aromatic rings. The number of likely N-dealkylation sites (N-methyl/N-ethyl adjacent to an activating group) is 1. The third-order valence-corrected chi connectivity index (χ3v) is 4.18. The topological polar surface area (TPSA) is 49.6 Å². The van der Waals surface area contributed by atoms with Crippen LogP contribution in [0.15, 0.2) is 24.3 Å². The van der Waals surface area contributed by atoms with E-state index in [0.717, 1.165) is 25.2 Å². The molecule has 2 unspecified atom stereocenters. The van der Waals surface area contributed by atoms with Gasteiger partial charge in [-0.15, -0.1) is 0 Å². The quantitative estimate of drug-likeness (QED) is 0.852. The molecular formula is C16H25N3O. The third kappa shape index (κ3) is 3.51. The highest BCUT2D eigenvalue weighted by Crippen LogP contribution is 2.21. The van der Waals surface area contributed by atoms with Gasteiger partial charge in [-0.05, 0) is 50.6 Å². The number of hydrogen-bond acceptors (Lipinski definition) is 3. The summed E-state index contributed by atoms with van der Waals surface area (Å²) in [5, 5.41) is 0. The van der Waals surface area contributed by atoms with E-state index in [1.807, 2.05) is 43.1 Å². The van der Waals surface area contributed by atoms with E-state index in [0.29, 0.717) is 11.6 Å². The van der Waals surface area contributed by atoms with E-state index >= 15 is 0 Å². The van der Waals surface area contributed by atoms with Crippen molar-refractivity contribution in [2.45, 2.75) is 19.3 Å². The normalized spacial score (nSPS) is 20.9. The molecule has 2 atom stereocenters. The number of nitrogens with two attached hydrogens (primary N) is 1. The molecule has 1 aromatic carbocycles. The highest BCUT2D eigenvalue weighted by Gasteiger charge is 2.25. The second-order valence-corrected chi connectivity index (χ2v) is 6.03. The first kappa shape index (κ1) is 14.9. The van der Waals surface area contributed by atoms with E-state index in [-0.39, 0.29) is 11.8 Å². The molecule has 0 saturated carbocycles. The van der Waals surface area contributed by atoms with Crippen molar-refractivity contribution < 1.29 is 4.79 Å². The Kier molecular flexibility index (Phi) is 4.65. The predicted molar refractivity (Wildman–Crippen MR) is 82.5 cm³/mol.